The molecular formula is C42H24N4OS. The van der Waals surface area contributed by atoms with Gasteiger partial charge < -0.3 is 4.42 Å². The molecular weight excluding hydrogens is 609 g/mol. The predicted molar refractivity (Wildman–Crippen MR) is 197 cm³/mol. The van der Waals surface area contributed by atoms with Gasteiger partial charge in [-0.15, -0.1) is 11.3 Å². The summed E-state index contributed by atoms with van der Waals surface area (Å²) in [4.78, 5) is 20.3. The van der Waals surface area contributed by atoms with Gasteiger partial charge in [-0.05, 0) is 57.9 Å². The smallest absolute Gasteiger partial charge is 0.164 e. The summed E-state index contributed by atoms with van der Waals surface area (Å²) >= 11 is 1.71. The average molecular weight is 633 g/mol. The first-order valence-electron chi connectivity index (χ1n) is 15.8. The number of hydrogen-bond donors (Lipinski definition) is 0. The summed E-state index contributed by atoms with van der Waals surface area (Å²) < 4.78 is 7.37. The number of fused-ring (bicyclic) bond motifs is 6. The van der Waals surface area contributed by atoms with Crippen LogP contribution < -0.4 is 0 Å². The Bertz CT molecular complexity index is 2860. The van der Waals surface area contributed by atoms with Crippen molar-refractivity contribution in [2.45, 2.75) is 0 Å². The first-order valence-corrected chi connectivity index (χ1v) is 16.6. The third-order valence-electron chi connectivity index (χ3n) is 8.91. The summed E-state index contributed by atoms with van der Waals surface area (Å²) in [5.74, 6) is 1.84. The van der Waals surface area contributed by atoms with E-state index in [1.807, 2.05) is 36.4 Å². The zero-order valence-electron chi connectivity index (χ0n) is 25.5. The van der Waals surface area contributed by atoms with E-state index in [0.29, 0.717) is 17.5 Å². The quantitative estimate of drug-likeness (QED) is 0.193. The number of nitrogens with zero attached hydrogens (tertiary/aromatic N) is 4. The van der Waals surface area contributed by atoms with Gasteiger partial charge in [0.15, 0.2) is 17.5 Å². The highest BCUT2D eigenvalue weighted by molar-refractivity contribution is 7.21. The maximum absolute atomic E-state index is 6.23. The van der Waals surface area contributed by atoms with Crippen LogP contribution in [0, 0.1) is 0 Å². The molecule has 10 rings (SSSR count). The summed E-state index contributed by atoms with van der Waals surface area (Å²) in [5, 5.41) is 7.58. The molecule has 0 unspecified atom stereocenters. The van der Waals surface area contributed by atoms with Crippen LogP contribution in [0.15, 0.2) is 150 Å². The Labute approximate surface area is 278 Å². The van der Waals surface area contributed by atoms with Crippen molar-refractivity contribution < 1.29 is 4.42 Å². The number of benzene rings is 7. The van der Waals surface area contributed by atoms with Crippen molar-refractivity contribution in [2.75, 3.05) is 0 Å². The van der Waals surface area contributed by atoms with Crippen LogP contribution in [0.25, 0.3) is 98.4 Å². The standard InChI is InChI=1S/C42H24N4OS/c1-2-10-26(11-3-1)42-43-34-23-28-18-20-30(22-31(28)24-37(34)48-42)40-44-39(29-19-17-25-9-4-5-12-27(25)21-29)45-41(46-40)33-14-8-16-36-38(33)32-13-6-7-15-35(32)47-36/h1-24H. The van der Waals surface area contributed by atoms with Crippen LogP contribution in [-0.2, 0) is 0 Å². The summed E-state index contributed by atoms with van der Waals surface area (Å²) in [6, 6.07) is 50.0. The van der Waals surface area contributed by atoms with Gasteiger partial charge in [-0.3, -0.25) is 0 Å². The van der Waals surface area contributed by atoms with E-state index in [1.54, 1.807) is 11.3 Å². The Kier molecular flexibility index (Phi) is 5.98. The number of thiazole rings is 1. The molecule has 0 saturated heterocycles. The number of rotatable bonds is 4. The van der Waals surface area contributed by atoms with E-state index >= 15 is 0 Å². The van der Waals surface area contributed by atoms with Crippen molar-refractivity contribution in [3.63, 3.8) is 0 Å². The van der Waals surface area contributed by atoms with Gasteiger partial charge in [0.25, 0.3) is 0 Å². The van der Waals surface area contributed by atoms with E-state index in [2.05, 4.69) is 109 Å². The highest BCUT2D eigenvalue weighted by Gasteiger charge is 2.18. The molecule has 5 nitrogen and oxygen atoms in total. The topological polar surface area (TPSA) is 64.7 Å². The van der Waals surface area contributed by atoms with Crippen LogP contribution >= 0.6 is 11.3 Å². The molecule has 3 aromatic heterocycles. The first kappa shape index (κ1) is 26.9. The molecule has 10 aromatic rings. The van der Waals surface area contributed by atoms with Crippen LogP contribution in [0.2, 0.25) is 0 Å². The van der Waals surface area contributed by atoms with Gasteiger partial charge in [-0.1, -0.05) is 109 Å². The summed E-state index contributed by atoms with van der Waals surface area (Å²) in [6.45, 7) is 0. The molecule has 0 aliphatic heterocycles. The maximum Gasteiger partial charge on any atom is 0.164 e. The molecule has 0 aliphatic rings. The van der Waals surface area contributed by atoms with E-state index in [0.717, 1.165) is 75.6 Å². The minimum absolute atomic E-state index is 0.603. The SMILES string of the molecule is c1ccc(-c2nc3cc4ccc(-c5nc(-c6ccc7ccccc7c6)nc(-c6cccc7oc8ccccc8c67)n5)cc4cc3s2)cc1. The molecule has 0 atom stereocenters. The largest absolute Gasteiger partial charge is 0.456 e. The Balaban J connectivity index is 1.17. The fourth-order valence-corrected chi connectivity index (χ4v) is 7.56. The summed E-state index contributed by atoms with van der Waals surface area (Å²) in [5.41, 5.74) is 6.53. The van der Waals surface area contributed by atoms with Gasteiger partial charge in [0.05, 0.1) is 10.2 Å². The average Bonchev–Trinajstić information content (AvgIpc) is 3.75. The molecule has 0 bridgehead atoms. The lowest BCUT2D eigenvalue weighted by molar-refractivity contribution is 0.669. The van der Waals surface area contributed by atoms with Crippen molar-refractivity contribution in [1.29, 1.82) is 0 Å². The van der Waals surface area contributed by atoms with Gasteiger partial charge in [-0.25, -0.2) is 19.9 Å². The van der Waals surface area contributed by atoms with Gasteiger partial charge >= 0.3 is 0 Å². The molecule has 6 heteroatoms. The first-order chi connectivity index (χ1) is 23.7. The monoisotopic (exact) mass is 632 g/mol. The van der Waals surface area contributed by atoms with Crippen LogP contribution in [0.5, 0.6) is 0 Å². The Morgan fingerprint density at radius 3 is 1.96 bits per heavy atom. The van der Waals surface area contributed by atoms with Crippen molar-refractivity contribution in [1.82, 2.24) is 19.9 Å². The van der Waals surface area contributed by atoms with E-state index in [1.165, 1.54) is 5.39 Å². The van der Waals surface area contributed by atoms with Gasteiger partial charge in [0.2, 0.25) is 0 Å². The van der Waals surface area contributed by atoms with Crippen LogP contribution in [-0.4, -0.2) is 19.9 Å². The highest BCUT2D eigenvalue weighted by atomic mass is 32.1. The molecule has 0 saturated carbocycles. The molecule has 0 amide bonds. The Hall–Kier alpha value is -6.24. The van der Waals surface area contributed by atoms with Crippen molar-refractivity contribution in [3.05, 3.63) is 146 Å². The normalized spacial score (nSPS) is 11.8. The molecule has 0 spiro atoms. The third kappa shape index (κ3) is 4.46. The number of furan rings is 1. The lowest BCUT2D eigenvalue weighted by atomic mass is 10.0. The van der Waals surface area contributed by atoms with Crippen molar-refractivity contribution in [3.8, 4) is 44.7 Å². The van der Waals surface area contributed by atoms with Crippen LogP contribution in [0.1, 0.15) is 0 Å². The lowest BCUT2D eigenvalue weighted by Gasteiger charge is -2.10. The zero-order valence-corrected chi connectivity index (χ0v) is 26.3. The fraction of sp³-hybridized carbons (Fsp3) is 0. The molecule has 224 valence electrons. The Morgan fingerprint density at radius 1 is 0.438 bits per heavy atom. The molecule has 0 N–H and O–H groups in total. The molecule has 0 radical (unpaired) electrons. The number of aromatic nitrogens is 4. The van der Waals surface area contributed by atoms with E-state index < -0.39 is 0 Å². The van der Waals surface area contributed by atoms with Crippen molar-refractivity contribution >= 4 is 65.0 Å². The summed E-state index contributed by atoms with van der Waals surface area (Å²) in [6.07, 6.45) is 0. The fourth-order valence-electron chi connectivity index (χ4n) is 6.56. The second-order valence-electron chi connectivity index (χ2n) is 11.9. The second kappa shape index (κ2) is 10.7. The third-order valence-corrected chi connectivity index (χ3v) is 9.98. The van der Waals surface area contributed by atoms with Gasteiger partial charge in [0, 0.05) is 33.0 Å². The van der Waals surface area contributed by atoms with Gasteiger partial charge in [-0.2, -0.15) is 0 Å². The molecule has 48 heavy (non-hydrogen) atoms. The predicted octanol–water partition coefficient (Wildman–Crippen LogP) is 11.4. The highest BCUT2D eigenvalue weighted by Crippen LogP contribution is 2.38. The van der Waals surface area contributed by atoms with E-state index in [9.17, 15) is 0 Å². The van der Waals surface area contributed by atoms with Crippen molar-refractivity contribution in [2.24, 2.45) is 0 Å². The minimum atomic E-state index is 0.603. The second-order valence-corrected chi connectivity index (χ2v) is 12.9. The minimum Gasteiger partial charge on any atom is -0.456 e. The number of para-hydroxylation sites is 1. The molecule has 0 aliphatic carbocycles. The maximum atomic E-state index is 6.23. The molecule has 3 heterocycles. The van der Waals surface area contributed by atoms with E-state index in [4.69, 9.17) is 24.4 Å². The van der Waals surface area contributed by atoms with Crippen LogP contribution in [0.3, 0.4) is 0 Å². The Morgan fingerprint density at radius 2 is 1.10 bits per heavy atom. The number of hydrogen-bond acceptors (Lipinski definition) is 6. The van der Waals surface area contributed by atoms with E-state index in [-0.39, 0.29) is 0 Å². The lowest BCUT2D eigenvalue weighted by Crippen LogP contribution is -2.00. The van der Waals surface area contributed by atoms with Crippen LogP contribution in [0.4, 0.5) is 0 Å². The summed E-state index contributed by atoms with van der Waals surface area (Å²) in [7, 11) is 0. The zero-order chi connectivity index (χ0) is 31.6. The molecule has 0 fully saturated rings. The van der Waals surface area contributed by atoms with Gasteiger partial charge in [0.1, 0.15) is 16.2 Å². The molecule has 7 aromatic carbocycles.